The van der Waals surface area contributed by atoms with Gasteiger partial charge in [0.15, 0.2) is 23.0 Å². The Morgan fingerprint density at radius 3 is 1.91 bits per heavy atom. The van der Waals surface area contributed by atoms with Gasteiger partial charge in [-0.05, 0) is 79.9 Å². The number of ether oxygens (including phenoxy) is 1. The number of carbonyl (C=O) groups is 2. The Balaban J connectivity index is 1.47. The Labute approximate surface area is 205 Å². The fraction of sp³-hybridized carbons (Fsp3) is 0.308. The minimum atomic E-state index is -0.232. The summed E-state index contributed by atoms with van der Waals surface area (Å²) in [5.41, 5.74) is 1.37. The average Bonchev–Trinajstić information content (AvgIpc) is 2.85. The molecule has 0 radical (unpaired) electrons. The van der Waals surface area contributed by atoms with E-state index in [-0.39, 0.29) is 29.1 Å². The van der Waals surface area contributed by atoms with E-state index in [9.17, 15) is 24.9 Å². The number of nitrogens with one attached hydrogen (secondary N) is 3. The van der Waals surface area contributed by atoms with Crippen LogP contribution in [0.15, 0.2) is 48.6 Å². The highest BCUT2D eigenvalue weighted by Gasteiger charge is 2.02. The van der Waals surface area contributed by atoms with Gasteiger partial charge in [0, 0.05) is 25.2 Å². The van der Waals surface area contributed by atoms with Crippen LogP contribution in [0.1, 0.15) is 30.4 Å². The summed E-state index contributed by atoms with van der Waals surface area (Å²) in [5.74, 6) is -0.445. The normalized spacial score (nSPS) is 11.1. The Hall–Kier alpha value is -3.98. The third kappa shape index (κ3) is 10.7. The van der Waals surface area contributed by atoms with Crippen LogP contribution >= 0.6 is 0 Å². The SMILES string of the molecule is COc1cc(/C=C/C(=O)NCCCCNCCCNC(=O)/C=C/c2ccc(O)c(O)c2)ccc1O. The molecule has 0 bridgehead atoms. The van der Waals surface area contributed by atoms with E-state index in [0.29, 0.717) is 24.4 Å². The predicted molar refractivity (Wildman–Crippen MR) is 135 cm³/mol. The van der Waals surface area contributed by atoms with Gasteiger partial charge in [0.1, 0.15) is 0 Å². The summed E-state index contributed by atoms with van der Waals surface area (Å²) in [7, 11) is 1.47. The summed E-state index contributed by atoms with van der Waals surface area (Å²) >= 11 is 0. The Kier molecular flexibility index (Phi) is 11.7. The van der Waals surface area contributed by atoms with Crippen molar-refractivity contribution in [1.29, 1.82) is 0 Å². The molecule has 0 aliphatic carbocycles. The molecule has 2 aromatic rings. The number of amides is 2. The minimum Gasteiger partial charge on any atom is -0.504 e. The van der Waals surface area contributed by atoms with Gasteiger partial charge in [-0.3, -0.25) is 9.59 Å². The standard InChI is InChI=1S/C26H33N3O6/c1-35-24-18-20(6-10-22(24)31)8-12-25(33)28-15-3-2-13-27-14-4-16-29-26(34)11-7-19-5-9-21(30)23(32)17-19/h5-12,17-18,27,30-32H,2-4,13-16H2,1H3,(H,28,33)(H,29,34)/b11-7+,12-8+. The quantitative estimate of drug-likeness (QED) is 0.138. The molecule has 2 aromatic carbocycles. The Morgan fingerprint density at radius 2 is 1.29 bits per heavy atom. The van der Waals surface area contributed by atoms with Crippen LogP contribution in [-0.2, 0) is 9.59 Å². The van der Waals surface area contributed by atoms with Crippen molar-refractivity contribution >= 4 is 24.0 Å². The average molecular weight is 484 g/mol. The third-order valence-corrected chi connectivity index (χ3v) is 4.97. The minimum absolute atomic E-state index is 0.0501. The van der Waals surface area contributed by atoms with Gasteiger partial charge in [-0.15, -0.1) is 0 Å². The van der Waals surface area contributed by atoms with Crippen LogP contribution in [0.2, 0.25) is 0 Å². The van der Waals surface area contributed by atoms with Gasteiger partial charge < -0.3 is 36.0 Å². The molecule has 0 aliphatic rings. The number of benzene rings is 2. The zero-order chi connectivity index (χ0) is 25.5. The van der Waals surface area contributed by atoms with Crippen molar-refractivity contribution in [2.75, 3.05) is 33.3 Å². The van der Waals surface area contributed by atoms with E-state index >= 15 is 0 Å². The zero-order valence-electron chi connectivity index (χ0n) is 19.8. The first-order valence-electron chi connectivity index (χ1n) is 11.4. The van der Waals surface area contributed by atoms with Crippen LogP contribution in [0, 0.1) is 0 Å². The van der Waals surface area contributed by atoms with Gasteiger partial charge in [-0.25, -0.2) is 0 Å². The topological polar surface area (TPSA) is 140 Å². The second kappa shape index (κ2) is 15.0. The maximum atomic E-state index is 11.9. The second-order valence-electron chi connectivity index (χ2n) is 7.74. The number of rotatable bonds is 14. The van der Waals surface area contributed by atoms with E-state index in [2.05, 4.69) is 16.0 Å². The number of aromatic hydroxyl groups is 3. The predicted octanol–water partition coefficient (Wildman–Crippen LogP) is 2.53. The molecular formula is C26H33N3O6. The van der Waals surface area contributed by atoms with E-state index < -0.39 is 0 Å². The molecule has 0 aromatic heterocycles. The first-order chi connectivity index (χ1) is 16.9. The fourth-order valence-corrected chi connectivity index (χ4v) is 3.04. The molecule has 0 spiro atoms. The summed E-state index contributed by atoms with van der Waals surface area (Å²) in [6, 6.07) is 9.19. The molecule has 2 rings (SSSR count). The van der Waals surface area contributed by atoms with Gasteiger partial charge in [-0.1, -0.05) is 12.1 Å². The first kappa shape index (κ1) is 27.3. The van der Waals surface area contributed by atoms with Crippen molar-refractivity contribution in [2.45, 2.75) is 19.3 Å². The summed E-state index contributed by atoms with van der Waals surface area (Å²) in [6.07, 6.45) is 8.58. The van der Waals surface area contributed by atoms with Crippen LogP contribution in [0.4, 0.5) is 0 Å². The lowest BCUT2D eigenvalue weighted by Crippen LogP contribution is -2.27. The molecule has 0 heterocycles. The second-order valence-corrected chi connectivity index (χ2v) is 7.74. The lowest BCUT2D eigenvalue weighted by atomic mass is 10.2. The highest BCUT2D eigenvalue weighted by atomic mass is 16.5. The fourth-order valence-electron chi connectivity index (χ4n) is 3.04. The number of hydrogen-bond acceptors (Lipinski definition) is 7. The van der Waals surface area contributed by atoms with Crippen LogP contribution in [-0.4, -0.2) is 60.4 Å². The molecule has 9 heteroatoms. The number of carbonyl (C=O) groups excluding carboxylic acids is 2. The van der Waals surface area contributed by atoms with E-state index in [4.69, 9.17) is 4.74 Å². The largest absolute Gasteiger partial charge is 0.504 e. The number of phenols is 3. The van der Waals surface area contributed by atoms with E-state index in [1.54, 1.807) is 30.4 Å². The number of unbranched alkanes of at least 4 members (excludes halogenated alkanes) is 1. The van der Waals surface area contributed by atoms with Crippen molar-refractivity contribution in [1.82, 2.24) is 16.0 Å². The summed E-state index contributed by atoms with van der Waals surface area (Å²) < 4.78 is 5.04. The smallest absolute Gasteiger partial charge is 0.243 e. The van der Waals surface area contributed by atoms with E-state index in [1.165, 1.54) is 37.5 Å². The summed E-state index contributed by atoms with van der Waals surface area (Å²) in [5, 5.41) is 37.2. The maximum Gasteiger partial charge on any atom is 0.243 e. The third-order valence-electron chi connectivity index (χ3n) is 4.97. The molecular weight excluding hydrogens is 450 g/mol. The molecule has 0 saturated carbocycles. The Bertz CT molecular complexity index is 1040. The lowest BCUT2D eigenvalue weighted by Gasteiger charge is -2.06. The molecule has 9 nitrogen and oxygen atoms in total. The monoisotopic (exact) mass is 483 g/mol. The molecule has 0 fully saturated rings. The maximum absolute atomic E-state index is 11.9. The van der Waals surface area contributed by atoms with Crippen LogP contribution < -0.4 is 20.7 Å². The molecule has 6 N–H and O–H groups in total. The van der Waals surface area contributed by atoms with Gasteiger partial charge in [0.05, 0.1) is 7.11 Å². The van der Waals surface area contributed by atoms with Crippen LogP contribution in [0.25, 0.3) is 12.2 Å². The molecule has 0 aliphatic heterocycles. The summed E-state index contributed by atoms with van der Waals surface area (Å²) in [6.45, 7) is 2.69. The highest BCUT2D eigenvalue weighted by Crippen LogP contribution is 2.27. The van der Waals surface area contributed by atoms with Crippen LogP contribution in [0.3, 0.4) is 0 Å². The molecule has 0 saturated heterocycles. The zero-order valence-corrected chi connectivity index (χ0v) is 19.8. The van der Waals surface area contributed by atoms with Crippen molar-refractivity contribution in [3.63, 3.8) is 0 Å². The highest BCUT2D eigenvalue weighted by molar-refractivity contribution is 5.92. The lowest BCUT2D eigenvalue weighted by molar-refractivity contribution is -0.117. The Morgan fingerprint density at radius 1 is 0.743 bits per heavy atom. The van der Waals surface area contributed by atoms with Crippen molar-refractivity contribution < 1.29 is 29.6 Å². The molecule has 2 amide bonds. The molecule has 0 atom stereocenters. The van der Waals surface area contributed by atoms with Crippen LogP contribution in [0.5, 0.6) is 23.0 Å². The van der Waals surface area contributed by atoms with Gasteiger partial charge in [0.25, 0.3) is 0 Å². The molecule has 188 valence electrons. The molecule has 35 heavy (non-hydrogen) atoms. The van der Waals surface area contributed by atoms with Gasteiger partial charge in [0.2, 0.25) is 11.8 Å². The van der Waals surface area contributed by atoms with Gasteiger partial charge in [-0.2, -0.15) is 0 Å². The summed E-state index contributed by atoms with van der Waals surface area (Å²) in [4.78, 5) is 23.7. The number of methoxy groups -OCH3 is 1. The van der Waals surface area contributed by atoms with Gasteiger partial charge >= 0.3 is 0 Å². The van der Waals surface area contributed by atoms with Crippen molar-refractivity contribution in [2.24, 2.45) is 0 Å². The molecule has 0 unspecified atom stereocenters. The number of hydrogen-bond donors (Lipinski definition) is 6. The van der Waals surface area contributed by atoms with Crippen molar-refractivity contribution in [3.8, 4) is 23.0 Å². The van der Waals surface area contributed by atoms with E-state index in [0.717, 1.165) is 37.9 Å². The van der Waals surface area contributed by atoms with Crippen molar-refractivity contribution in [3.05, 3.63) is 59.7 Å². The van der Waals surface area contributed by atoms with E-state index in [1.807, 2.05) is 0 Å². The first-order valence-corrected chi connectivity index (χ1v) is 11.4. The number of phenolic OH excluding ortho intramolecular Hbond substituents is 3.